The van der Waals surface area contributed by atoms with Gasteiger partial charge in [0.05, 0.1) is 21.1 Å². The van der Waals surface area contributed by atoms with Crippen LogP contribution in [0.15, 0.2) is 11.6 Å². The molecule has 5 heteroatoms. The lowest BCUT2D eigenvalue weighted by atomic mass is 9.92. The van der Waals surface area contributed by atoms with Gasteiger partial charge in [-0.25, -0.2) is 0 Å². The van der Waals surface area contributed by atoms with E-state index in [-0.39, 0.29) is 6.54 Å². The predicted molar refractivity (Wildman–Crippen MR) is 64.5 cm³/mol. The first-order valence-corrected chi connectivity index (χ1v) is 5.48. The maximum atomic E-state index is 11.8. The van der Waals surface area contributed by atoms with Crippen LogP contribution in [0.1, 0.15) is 13.8 Å². The van der Waals surface area contributed by atoms with Crippen molar-refractivity contribution in [2.24, 2.45) is 5.92 Å². The summed E-state index contributed by atoms with van der Waals surface area (Å²) in [5.41, 5.74) is 0.359. The summed E-state index contributed by atoms with van der Waals surface area (Å²) >= 11 is 0. The van der Waals surface area contributed by atoms with Crippen LogP contribution in [0.4, 0.5) is 0 Å². The lowest BCUT2D eigenvalue weighted by Gasteiger charge is -2.28. The lowest BCUT2D eigenvalue weighted by Crippen LogP contribution is -2.48. The average molecular weight is 244 g/mol. The molecule has 98 valence electrons. The summed E-state index contributed by atoms with van der Waals surface area (Å²) in [7, 11) is 5.49. The second-order valence-corrected chi connectivity index (χ2v) is 5.19. The molecule has 0 aromatic carbocycles. The molecule has 0 aliphatic heterocycles. The molecule has 0 aromatic heterocycles. The van der Waals surface area contributed by atoms with Crippen molar-refractivity contribution in [2.45, 2.75) is 20.0 Å². The summed E-state index contributed by atoms with van der Waals surface area (Å²) < 4.78 is 0.396. The number of allylic oxidation sites excluding steroid dienone is 2. The second-order valence-electron chi connectivity index (χ2n) is 5.19. The number of carbonyl (C=O) groups excluding carboxylic acids is 1. The molecule has 0 amide bonds. The van der Waals surface area contributed by atoms with Crippen molar-refractivity contribution in [2.75, 3.05) is 27.7 Å². The molecule has 0 rings (SSSR count). The lowest BCUT2D eigenvalue weighted by molar-refractivity contribution is -0.873. The molecule has 2 atom stereocenters. The molecule has 0 radical (unpaired) electrons. The van der Waals surface area contributed by atoms with Gasteiger partial charge in [-0.15, -0.1) is 0 Å². The molecule has 17 heavy (non-hydrogen) atoms. The predicted octanol–water partition coefficient (Wildman–Crippen LogP) is 0.290. The highest BCUT2D eigenvalue weighted by atomic mass is 16.4. The zero-order chi connectivity index (χ0) is 13.8. The van der Waals surface area contributed by atoms with Gasteiger partial charge in [-0.05, 0) is 19.4 Å². The highest BCUT2D eigenvalue weighted by Gasteiger charge is 2.36. The molecule has 0 aliphatic carbocycles. The fourth-order valence-electron chi connectivity index (χ4n) is 1.51. The Bertz CT molecular complexity index is 328. The van der Waals surface area contributed by atoms with Gasteiger partial charge >= 0.3 is 5.97 Å². The summed E-state index contributed by atoms with van der Waals surface area (Å²) in [5, 5.41) is 18.9. The highest BCUT2D eigenvalue weighted by molar-refractivity contribution is 6.07. The molecule has 0 unspecified atom stereocenters. The van der Waals surface area contributed by atoms with E-state index in [0.29, 0.717) is 10.1 Å². The van der Waals surface area contributed by atoms with E-state index in [1.807, 2.05) is 21.1 Å². The molecule has 0 spiro atoms. The van der Waals surface area contributed by atoms with Crippen LogP contribution in [-0.2, 0) is 9.59 Å². The molecule has 5 nitrogen and oxygen atoms in total. The van der Waals surface area contributed by atoms with Crippen molar-refractivity contribution in [3.8, 4) is 0 Å². The zero-order valence-electron chi connectivity index (χ0n) is 11.1. The summed E-state index contributed by atoms with van der Waals surface area (Å²) in [4.78, 5) is 22.9. The van der Waals surface area contributed by atoms with Crippen LogP contribution in [0.3, 0.4) is 0 Å². The van der Waals surface area contributed by atoms with E-state index < -0.39 is 23.8 Å². The van der Waals surface area contributed by atoms with Gasteiger partial charge in [-0.2, -0.15) is 0 Å². The van der Waals surface area contributed by atoms with Gasteiger partial charge in [0.15, 0.2) is 11.7 Å². The first kappa shape index (κ1) is 15.8. The first-order chi connectivity index (χ1) is 7.60. The minimum atomic E-state index is -1.39. The fourth-order valence-corrected chi connectivity index (χ4v) is 1.51. The third-order valence-corrected chi connectivity index (χ3v) is 2.49. The Balaban J connectivity index is 5.00. The largest absolute Gasteiger partial charge is 0.481 e. The number of nitrogens with zero attached hydrogens (tertiary/aromatic N) is 1. The minimum absolute atomic E-state index is 0.208. The molecule has 0 aromatic rings. The monoisotopic (exact) mass is 244 g/mol. The van der Waals surface area contributed by atoms with Gasteiger partial charge < -0.3 is 14.7 Å². The van der Waals surface area contributed by atoms with Gasteiger partial charge in [-0.3, -0.25) is 9.59 Å². The molecule has 0 heterocycles. The Hall–Kier alpha value is -1.20. The van der Waals surface area contributed by atoms with Gasteiger partial charge in [0.25, 0.3) is 0 Å². The number of Topliss-reactive ketones (excluding diaryl/α,β-unsaturated/α-hetero) is 1. The van der Waals surface area contributed by atoms with Crippen LogP contribution in [0.25, 0.3) is 0 Å². The number of ketones is 1. The SMILES string of the molecule is C/C=C(\C)C(=O)[C@H](C(=O)O)[C@H](O)C[N+](C)(C)C. The Morgan fingerprint density at radius 3 is 2.06 bits per heavy atom. The standard InChI is InChI=1S/C12H21NO4/c1-6-8(2)11(15)10(12(16)17)9(14)7-13(3,4)5/h6,9-10,14H,7H2,1-5H3/p+1/b8-6+/t9-,10-/m1/s1. The Kier molecular flexibility index (Phi) is 5.51. The van der Waals surface area contributed by atoms with Gasteiger partial charge in [-0.1, -0.05) is 6.08 Å². The van der Waals surface area contributed by atoms with Crippen molar-refractivity contribution < 1.29 is 24.3 Å². The van der Waals surface area contributed by atoms with E-state index in [1.54, 1.807) is 19.9 Å². The highest BCUT2D eigenvalue weighted by Crippen LogP contribution is 2.14. The summed E-state index contributed by atoms with van der Waals surface area (Å²) in [6, 6.07) is 0. The smallest absolute Gasteiger partial charge is 0.317 e. The van der Waals surface area contributed by atoms with E-state index in [2.05, 4.69) is 0 Å². The number of likely N-dealkylation sites (N-methyl/N-ethyl adjacent to an activating group) is 1. The minimum Gasteiger partial charge on any atom is -0.481 e. The first-order valence-electron chi connectivity index (χ1n) is 5.48. The van der Waals surface area contributed by atoms with Gasteiger partial charge in [0.2, 0.25) is 0 Å². The van der Waals surface area contributed by atoms with Crippen LogP contribution in [0.2, 0.25) is 0 Å². The molecule has 0 saturated heterocycles. The summed E-state index contributed by atoms with van der Waals surface area (Å²) in [5.74, 6) is -3.19. The van der Waals surface area contributed by atoms with E-state index in [4.69, 9.17) is 5.11 Å². The fraction of sp³-hybridized carbons (Fsp3) is 0.667. The zero-order valence-corrected chi connectivity index (χ0v) is 11.1. The van der Waals surface area contributed by atoms with Gasteiger partial charge in [0, 0.05) is 0 Å². The Morgan fingerprint density at radius 1 is 1.29 bits per heavy atom. The maximum Gasteiger partial charge on any atom is 0.317 e. The molecule has 2 N–H and O–H groups in total. The molecule has 0 aliphatic rings. The number of carboxylic acids is 1. The molecule has 0 bridgehead atoms. The van der Waals surface area contributed by atoms with Crippen molar-refractivity contribution in [3.05, 3.63) is 11.6 Å². The van der Waals surface area contributed by atoms with Crippen LogP contribution in [0, 0.1) is 5.92 Å². The quantitative estimate of drug-likeness (QED) is 0.400. The molecule has 0 fully saturated rings. The summed E-state index contributed by atoms with van der Waals surface area (Å²) in [6.07, 6.45) is 0.367. The van der Waals surface area contributed by atoms with Crippen molar-refractivity contribution in [1.29, 1.82) is 0 Å². The van der Waals surface area contributed by atoms with E-state index in [1.165, 1.54) is 0 Å². The van der Waals surface area contributed by atoms with Crippen molar-refractivity contribution in [3.63, 3.8) is 0 Å². The van der Waals surface area contributed by atoms with Crippen molar-refractivity contribution >= 4 is 11.8 Å². The normalized spacial score (nSPS) is 16.5. The third-order valence-electron chi connectivity index (χ3n) is 2.49. The van der Waals surface area contributed by atoms with Crippen LogP contribution in [0.5, 0.6) is 0 Å². The van der Waals surface area contributed by atoms with Crippen LogP contribution >= 0.6 is 0 Å². The Morgan fingerprint density at radius 2 is 1.76 bits per heavy atom. The molecular weight excluding hydrogens is 222 g/mol. The number of aliphatic hydroxyl groups is 1. The van der Waals surface area contributed by atoms with E-state index in [9.17, 15) is 14.7 Å². The van der Waals surface area contributed by atoms with Crippen LogP contribution < -0.4 is 0 Å². The summed E-state index contributed by atoms with van der Waals surface area (Å²) in [6.45, 7) is 3.43. The number of quaternary nitrogens is 1. The second kappa shape index (κ2) is 5.93. The van der Waals surface area contributed by atoms with E-state index >= 15 is 0 Å². The average Bonchev–Trinajstić information content (AvgIpc) is 2.12. The number of rotatable bonds is 6. The third kappa shape index (κ3) is 5.10. The van der Waals surface area contributed by atoms with Crippen molar-refractivity contribution in [1.82, 2.24) is 0 Å². The Labute approximate surface area is 102 Å². The number of carbonyl (C=O) groups is 2. The number of aliphatic carboxylic acids is 1. The molecular formula is C12H22NO4+. The number of carboxylic acid groups (broad SMARTS) is 1. The number of aliphatic hydroxyl groups excluding tert-OH is 1. The van der Waals surface area contributed by atoms with Crippen LogP contribution in [-0.4, -0.2) is 60.2 Å². The maximum absolute atomic E-state index is 11.8. The van der Waals surface area contributed by atoms with Gasteiger partial charge in [0.1, 0.15) is 12.6 Å². The van der Waals surface area contributed by atoms with E-state index in [0.717, 1.165) is 0 Å². The molecule has 0 saturated carbocycles. The topological polar surface area (TPSA) is 74.6 Å². The number of hydrogen-bond acceptors (Lipinski definition) is 3. The number of hydrogen-bond donors (Lipinski definition) is 2.